The minimum atomic E-state index is -1.52. The molecule has 1 saturated heterocycles. The average molecular weight is 255 g/mol. The summed E-state index contributed by atoms with van der Waals surface area (Å²) in [5.74, 6) is -1.80. The second-order valence-corrected chi connectivity index (χ2v) is 5.26. The van der Waals surface area contributed by atoms with E-state index in [0.29, 0.717) is 5.92 Å². The summed E-state index contributed by atoms with van der Waals surface area (Å²) in [5.41, 5.74) is 0. The van der Waals surface area contributed by atoms with Crippen molar-refractivity contribution in [1.82, 2.24) is 4.90 Å². The Kier molecular flexibility index (Phi) is 3.38. The quantitative estimate of drug-likeness (QED) is 0.681. The third-order valence-electron chi connectivity index (χ3n) is 3.88. The molecule has 1 aliphatic heterocycles. The number of aliphatic hydroxyl groups excluding tert-OH is 1. The average Bonchev–Trinajstić information content (AvgIpc) is 2.78. The van der Waals surface area contributed by atoms with Crippen LogP contribution in [0.3, 0.4) is 0 Å². The number of likely N-dealkylation sites (tertiary alicyclic amines) is 1. The van der Waals surface area contributed by atoms with Crippen LogP contribution >= 0.6 is 0 Å². The van der Waals surface area contributed by atoms with Gasteiger partial charge in [0.2, 0.25) is 11.8 Å². The first-order valence-electron chi connectivity index (χ1n) is 6.18. The smallest absolute Gasteiger partial charge is 0.332 e. The molecule has 1 heterocycles. The van der Waals surface area contributed by atoms with Gasteiger partial charge in [-0.05, 0) is 18.8 Å². The van der Waals surface area contributed by atoms with E-state index in [4.69, 9.17) is 10.2 Å². The molecular weight excluding hydrogens is 238 g/mol. The number of hydrogen-bond acceptors (Lipinski definition) is 4. The van der Waals surface area contributed by atoms with Crippen LogP contribution in [-0.2, 0) is 14.4 Å². The summed E-state index contributed by atoms with van der Waals surface area (Å²) >= 11 is 0. The van der Waals surface area contributed by atoms with Crippen molar-refractivity contribution in [1.29, 1.82) is 0 Å². The molecule has 6 nitrogen and oxygen atoms in total. The lowest BCUT2D eigenvalue weighted by Gasteiger charge is -2.17. The zero-order valence-corrected chi connectivity index (χ0v) is 10.2. The molecule has 0 radical (unpaired) electrons. The van der Waals surface area contributed by atoms with Gasteiger partial charge in [-0.1, -0.05) is 6.92 Å². The Labute approximate surface area is 105 Å². The Morgan fingerprint density at radius 3 is 2.28 bits per heavy atom. The Balaban J connectivity index is 1.97. The molecule has 0 aromatic rings. The summed E-state index contributed by atoms with van der Waals surface area (Å²) in [4.78, 5) is 35.6. The van der Waals surface area contributed by atoms with Crippen LogP contribution in [0.15, 0.2) is 0 Å². The van der Waals surface area contributed by atoms with Gasteiger partial charge in [0, 0.05) is 13.0 Å². The normalized spacial score (nSPS) is 32.8. The molecule has 2 rings (SSSR count). The molecule has 1 aliphatic carbocycles. The largest absolute Gasteiger partial charge is 0.479 e. The Morgan fingerprint density at radius 2 is 1.83 bits per heavy atom. The molecule has 0 bridgehead atoms. The summed E-state index contributed by atoms with van der Waals surface area (Å²) in [5, 5.41) is 17.7. The maximum absolute atomic E-state index is 12.0. The van der Waals surface area contributed by atoms with E-state index >= 15 is 0 Å². The maximum atomic E-state index is 12.0. The van der Waals surface area contributed by atoms with Crippen molar-refractivity contribution >= 4 is 17.8 Å². The van der Waals surface area contributed by atoms with Gasteiger partial charge in [0.15, 0.2) is 6.10 Å². The highest BCUT2D eigenvalue weighted by Gasteiger charge is 2.51. The van der Waals surface area contributed by atoms with E-state index in [1.165, 1.54) is 0 Å². The fourth-order valence-electron chi connectivity index (χ4n) is 2.94. The van der Waals surface area contributed by atoms with E-state index in [1.807, 2.05) is 6.92 Å². The summed E-state index contributed by atoms with van der Waals surface area (Å²) in [6, 6.07) is 0. The number of aliphatic hydroxyl groups is 1. The highest BCUT2D eigenvalue weighted by molar-refractivity contribution is 6.05. The fraction of sp³-hybridized carbons (Fsp3) is 0.750. The van der Waals surface area contributed by atoms with Crippen LogP contribution in [0.1, 0.15) is 26.2 Å². The zero-order chi connectivity index (χ0) is 13.4. The summed E-state index contributed by atoms with van der Waals surface area (Å²) in [6.45, 7) is 2.02. The van der Waals surface area contributed by atoms with Gasteiger partial charge in [0.1, 0.15) is 0 Å². The van der Waals surface area contributed by atoms with Crippen molar-refractivity contribution in [2.75, 3.05) is 6.54 Å². The topological polar surface area (TPSA) is 94.9 Å². The maximum Gasteiger partial charge on any atom is 0.332 e. The molecule has 2 aliphatic rings. The van der Waals surface area contributed by atoms with Crippen LogP contribution < -0.4 is 0 Å². The molecule has 18 heavy (non-hydrogen) atoms. The predicted molar refractivity (Wildman–Crippen MR) is 60.4 cm³/mol. The number of nitrogens with zero attached hydrogens (tertiary/aromatic N) is 1. The number of carboxylic acids is 1. The molecule has 0 aromatic carbocycles. The lowest BCUT2D eigenvalue weighted by Crippen LogP contribution is -2.36. The molecule has 3 unspecified atom stereocenters. The highest BCUT2D eigenvalue weighted by Crippen LogP contribution is 2.42. The van der Waals surface area contributed by atoms with Gasteiger partial charge in [0.25, 0.3) is 0 Å². The lowest BCUT2D eigenvalue weighted by molar-refractivity contribution is -0.149. The molecule has 0 spiro atoms. The van der Waals surface area contributed by atoms with Crippen molar-refractivity contribution in [3.63, 3.8) is 0 Å². The monoisotopic (exact) mass is 255 g/mol. The molecule has 3 atom stereocenters. The van der Waals surface area contributed by atoms with Crippen molar-refractivity contribution < 1.29 is 24.6 Å². The Hall–Kier alpha value is -1.43. The first-order valence-corrected chi connectivity index (χ1v) is 6.18. The molecule has 1 saturated carbocycles. The van der Waals surface area contributed by atoms with Gasteiger partial charge in [-0.25, -0.2) is 4.79 Å². The standard InChI is InChI=1S/C12H17NO5/c1-6-4-7-8(5-6)11(16)13(10(7)15)3-2-9(14)12(17)18/h6-9,14H,2-5H2,1H3,(H,17,18). The SMILES string of the molecule is CC1CC2C(=O)N(CCC(O)C(=O)O)C(=O)C2C1. The Morgan fingerprint density at radius 1 is 1.33 bits per heavy atom. The predicted octanol–water partition coefficient (Wildman–Crippen LogP) is -0.147. The van der Waals surface area contributed by atoms with Crippen LogP contribution in [0.5, 0.6) is 0 Å². The van der Waals surface area contributed by atoms with Crippen molar-refractivity contribution in [3.8, 4) is 0 Å². The van der Waals surface area contributed by atoms with E-state index in [1.54, 1.807) is 0 Å². The molecule has 100 valence electrons. The summed E-state index contributed by atoms with van der Waals surface area (Å²) < 4.78 is 0. The van der Waals surface area contributed by atoms with Gasteiger partial charge in [-0.2, -0.15) is 0 Å². The zero-order valence-electron chi connectivity index (χ0n) is 10.2. The van der Waals surface area contributed by atoms with Crippen LogP contribution in [0.25, 0.3) is 0 Å². The number of hydrogen-bond donors (Lipinski definition) is 2. The molecule has 6 heteroatoms. The number of rotatable bonds is 4. The number of carbonyl (C=O) groups is 3. The van der Waals surface area contributed by atoms with Gasteiger partial charge in [-0.15, -0.1) is 0 Å². The molecule has 2 fully saturated rings. The van der Waals surface area contributed by atoms with Crippen LogP contribution in [-0.4, -0.2) is 45.5 Å². The van der Waals surface area contributed by atoms with E-state index in [9.17, 15) is 14.4 Å². The van der Waals surface area contributed by atoms with Gasteiger partial charge >= 0.3 is 5.97 Å². The third-order valence-corrected chi connectivity index (χ3v) is 3.88. The lowest BCUT2D eigenvalue weighted by atomic mass is 10.00. The number of carbonyl (C=O) groups excluding carboxylic acids is 2. The van der Waals surface area contributed by atoms with Crippen molar-refractivity contribution in [2.24, 2.45) is 17.8 Å². The van der Waals surface area contributed by atoms with Crippen molar-refractivity contribution in [3.05, 3.63) is 0 Å². The Bertz CT molecular complexity index is 370. The molecule has 2 amide bonds. The summed E-state index contributed by atoms with van der Waals surface area (Å²) in [6.07, 6.45) is -0.174. The number of carboxylic acid groups (broad SMARTS) is 1. The first-order chi connectivity index (χ1) is 8.41. The minimum Gasteiger partial charge on any atom is -0.479 e. The number of amides is 2. The van der Waals surface area contributed by atoms with Crippen LogP contribution in [0.4, 0.5) is 0 Å². The van der Waals surface area contributed by atoms with Gasteiger partial charge in [0.05, 0.1) is 11.8 Å². The third kappa shape index (κ3) is 2.12. The summed E-state index contributed by atoms with van der Waals surface area (Å²) in [7, 11) is 0. The molecular formula is C12H17NO5. The fourth-order valence-corrected chi connectivity index (χ4v) is 2.94. The minimum absolute atomic E-state index is 0.00743. The van der Waals surface area contributed by atoms with E-state index in [0.717, 1.165) is 17.7 Å². The van der Waals surface area contributed by atoms with Gasteiger partial charge in [-0.3, -0.25) is 14.5 Å². The van der Waals surface area contributed by atoms with E-state index in [-0.39, 0.29) is 36.6 Å². The van der Waals surface area contributed by atoms with Crippen LogP contribution in [0, 0.1) is 17.8 Å². The second kappa shape index (κ2) is 4.68. The van der Waals surface area contributed by atoms with Crippen LogP contribution in [0.2, 0.25) is 0 Å². The van der Waals surface area contributed by atoms with E-state index < -0.39 is 12.1 Å². The van der Waals surface area contributed by atoms with Crippen molar-refractivity contribution in [2.45, 2.75) is 32.3 Å². The number of fused-ring (bicyclic) bond motifs is 1. The molecule has 2 N–H and O–H groups in total. The number of aliphatic carboxylic acids is 1. The highest BCUT2D eigenvalue weighted by atomic mass is 16.4. The molecule has 0 aromatic heterocycles. The van der Waals surface area contributed by atoms with E-state index in [2.05, 4.69) is 0 Å². The van der Waals surface area contributed by atoms with Gasteiger partial charge < -0.3 is 10.2 Å². The first kappa shape index (κ1) is 13.0. The number of imide groups is 1. The second-order valence-electron chi connectivity index (χ2n) is 5.26.